The standard InChI is InChI=1S/C20H25FN2OS/c21-17-9-7-16(8-10-17)14-20(24)22-15-18(19-6-5-13-25-19)23-11-3-1-2-4-12-23/h5-10,13,18H,1-4,11-12,14-15H2,(H,22,24). The van der Waals surface area contributed by atoms with Gasteiger partial charge in [0.2, 0.25) is 5.91 Å². The number of benzene rings is 1. The topological polar surface area (TPSA) is 32.3 Å². The molecule has 5 heteroatoms. The lowest BCUT2D eigenvalue weighted by Gasteiger charge is -2.30. The molecule has 0 saturated carbocycles. The van der Waals surface area contributed by atoms with Crippen LogP contribution in [0.2, 0.25) is 0 Å². The molecule has 0 bridgehead atoms. The molecule has 1 aromatic heterocycles. The number of halogens is 1. The van der Waals surface area contributed by atoms with Gasteiger partial charge in [-0.3, -0.25) is 9.69 Å². The first-order valence-electron chi connectivity index (χ1n) is 9.01. The highest BCUT2D eigenvalue weighted by atomic mass is 32.1. The van der Waals surface area contributed by atoms with Crippen molar-refractivity contribution in [2.45, 2.75) is 38.1 Å². The molecule has 3 rings (SSSR count). The summed E-state index contributed by atoms with van der Waals surface area (Å²) < 4.78 is 13.0. The Morgan fingerprint density at radius 2 is 1.84 bits per heavy atom. The van der Waals surface area contributed by atoms with Crippen molar-refractivity contribution in [2.24, 2.45) is 0 Å². The second kappa shape index (κ2) is 9.11. The van der Waals surface area contributed by atoms with E-state index >= 15 is 0 Å². The maximum Gasteiger partial charge on any atom is 0.224 e. The lowest BCUT2D eigenvalue weighted by molar-refractivity contribution is -0.120. The fourth-order valence-electron chi connectivity index (χ4n) is 3.36. The van der Waals surface area contributed by atoms with Gasteiger partial charge in [-0.1, -0.05) is 31.0 Å². The number of rotatable bonds is 6. The molecule has 1 aromatic carbocycles. The summed E-state index contributed by atoms with van der Waals surface area (Å²) in [5.74, 6) is -0.286. The Morgan fingerprint density at radius 3 is 2.48 bits per heavy atom. The van der Waals surface area contributed by atoms with Crippen molar-refractivity contribution in [3.05, 3.63) is 58.0 Å². The molecule has 0 radical (unpaired) electrons. The van der Waals surface area contributed by atoms with Crippen LogP contribution in [0.5, 0.6) is 0 Å². The third-order valence-corrected chi connectivity index (χ3v) is 5.70. The van der Waals surface area contributed by atoms with Gasteiger partial charge in [-0.2, -0.15) is 0 Å². The molecule has 1 aliphatic heterocycles. The zero-order valence-electron chi connectivity index (χ0n) is 14.4. The lowest BCUT2D eigenvalue weighted by Crippen LogP contribution is -2.38. The number of nitrogens with zero attached hydrogens (tertiary/aromatic N) is 1. The third-order valence-electron chi connectivity index (χ3n) is 4.72. The zero-order chi connectivity index (χ0) is 17.5. The number of amides is 1. The van der Waals surface area contributed by atoms with Crippen LogP contribution in [-0.2, 0) is 11.2 Å². The van der Waals surface area contributed by atoms with Crippen LogP contribution in [0.15, 0.2) is 41.8 Å². The number of hydrogen-bond acceptors (Lipinski definition) is 3. The van der Waals surface area contributed by atoms with Crippen LogP contribution >= 0.6 is 11.3 Å². The lowest BCUT2D eigenvalue weighted by atomic mass is 10.1. The van der Waals surface area contributed by atoms with E-state index in [0.717, 1.165) is 18.7 Å². The molecule has 1 amide bonds. The van der Waals surface area contributed by atoms with Crippen molar-refractivity contribution in [2.75, 3.05) is 19.6 Å². The minimum absolute atomic E-state index is 0.0111. The van der Waals surface area contributed by atoms with E-state index in [-0.39, 0.29) is 24.2 Å². The Balaban J connectivity index is 1.60. The molecule has 1 N–H and O–H groups in total. The van der Waals surface area contributed by atoms with Crippen molar-refractivity contribution >= 4 is 17.2 Å². The Bertz CT molecular complexity index is 649. The molecule has 25 heavy (non-hydrogen) atoms. The predicted molar refractivity (Wildman–Crippen MR) is 100 cm³/mol. The molecule has 3 nitrogen and oxygen atoms in total. The minimum atomic E-state index is -0.275. The summed E-state index contributed by atoms with van der Waals surface area (Å²) >= 11 is 1.75. The third kappa shape index (κ3) is 5.38. The predicted octanol–water partition coefficient (Wildman–Crippen LogP) is 4.16. The Morgan fingerprint density at radius 1 is 1.12 bits per heavy atom. The van der Waals surface area contributed by atoms with E-state index in [9.17, 15) is 9.18 Å². The van der Waals surface area contributed by atoms with Crippen molar-refractivity contribution < 1.29 is 9.18 Å². The number of thiophene rings is 1. The van der Waals surface area contributed by atoms with Gasteiger partial charge in [0.25, 0.3) is 0 Å². The van der Waals surface area contributed by atoms with Gasteiger partial charge < -0.3 is 5.32 Å². The number of hydrogen-bond donors (Lipinski definition) is 1. The van der Waals surface area contributed by atoms with Gasteiger partial charge in [0.15, 0.2) is 0 Å². The molecule has 1 aliphatic rings. The fourth-order valence-corrected chi connectivity index (χ4v) is 4.22. The van der Waals surface area contributed by atoms with Crippen LogP contribution in [0.3, 0.4) is 0 Å². The summed E-state index contributed by atoms with van der Waals surface area (Å²) in [6, 6.07) is 10.6. The molecule has 2 aromatic rings. The number of nitrogens with one attached hydrogen (secondary N) is 1. The Hall–Kier alpha value is -1.72. The van der Waals surface area contributed by atoms with Gasteiger partial charge >= 0.3 is 0 Å². The van der Waals surface area contributed by atoms with E-state index in [1.807, 2.05) is 0 Å². The van der Waals surface area contributed by atoms with Crippen LogP contribution in [0.4, 0.5) is 4.39 Å². The molecule has 1 atom stereocenters. The second-order valence-electron chi connectivity index (χ2n) is 6.59. The largest absolute Gasteiger partial charge is 0.354 e. The summed E-state index contributed by atoms with van der Waals surface area (Å²) in [4.78, 5) is 16.1. The smallest absolute Gasteiger partial charge is 0.224 e. The quantitative estimate of drug-likeness (QED) is 0.839. The highest BCUT2D eigenvalue weighted by Crippen LogP contribution is 2.27. The van der Waals surface area contributed by atoms with Crippen LogP contribution in [0.25, 0.3) is 0 Å². The maximum atomic E-state index is 13.0. The van der Waals surface area contributed by atoms with Crippen molar-refractivity contribution in [3.63, 3.8) is 0 Å². The van der Waals surface area contributed by atoms with E-state index in [4.69, 9.17) is 0 Å². The zero-order valence-corrected chi connectivity index (χ0v) is 15.2. The molecule has 1 saturated heterocycles. The Kier molecular flexibility index (Phi) is 6.59. The summed E-state index contributed by atoms with van der Waals surface area (Å²) in [6.07, 6.45) is 5.34. The summed E-state index contributed by atoms with van der Waals surface area (Å²) in [7, 11) is 0. The van der Waals surface area contributed by atoms with Gasteiger partial charge in [-0.25, -0.2) is 4.39 Å². The number of carbonyl (C=O) groups is 1. The summed E-state index contributed by atoms with van der Waals surface area (Å²) in [6.45, 7) is 2.81. The van der Waals surface area contributed by atoms with Gasteiger partial charge in [0.05, 0.1) is 12.5 Å². The SMILES string of the molecule is O=C(Cc1ccc(F)cc1)NCC(c1cccs1)N1CCCCCC1. The average molecular weight is 360 g/mol. The molecule has 2 heterocycles. The molecule has 1 fully saturated rings. The van der Waals surface area contributed by atoms with Crippen LogP contribution in [-0.4, -0.2) is 30.4 Å². The van der Waals surface area contributed by atoms with E-state index in [1.165, 1.54) is 42.7 Å². The van der Waals surface area contributed by atoms with E-state index in [2.05, 4.69) is 27.7 Å². The highest BCUT2D eigenvalue weighted by Gasteiger charge is 2.22. The monoisotopic (exact) mass is 360 g/mol. The molecular weight excluding hydrogens is 335 g/mol. The van der Waals surface area contributed by atoms with Crippen LogP contribution in [0, 0.1) is 5.82 Å². The normalized spacial score (nSPS) is 17.0. The van der Waals surface area contributed by atoms with Crippen molar-refractivity contribution in [3.8, 4) is 0 Å². The highest BCUT2D eigenvalue weighted by molar-refractivity contribution is 7.10. The number of carbonyl (C=O) groups excluding carboxylic acids is 1. The van der Waals surface area contributed by atoms with Crippen molar-refractivity contribution in [1.82, 2.24) is 10.2 Å². The van der Waals surface area contributed by atoms with Gasteiger partial charge in [-0.05, 0) is 55.1 Å². The molecule has 134 valence electrons. The molecule has 0 spiro atoms. The first-order chi connectivity index (χ1) is 12.2. The van der Waals surface area contributed by atoms with Crippen molar-refractivity contribution in [1.29, 1.82) is 0 Å². The minimum Gasteiger partial charge on any atom is -0.354 e. The average Bonchev–Trinajstić information content (AvgIpc) is 3.00. The first-order valence-corrected chi connectivity index (χ1v) is 9.89. The van der Waals surface area contributed by atoms with E-state index in [0.29, 0.717) is 6.54 Å². The maximum absolute atomic E-state index is 13.0. The second-order valence-corrected chi connectivity index (χ2v) is 7.57. The van der Waals surface area contributed by atoms with Gasteiger partial charge in [0, 0.05) is 11.4 Å². The summed E-state index contributed by atoms with van der Waals surface area (Å²) in [5.41, 5.74) is 0.835. The van der Waals surface area contributed by atoms with E-state index < -0.39 is 0 Å². The van der Waals surface area contributed by atoms with Gasteiger partial charge in [-0.15, -0.1) is 11.3 Å². The molecule has 1 unspecified atom stereocenters. The first kappa shape index (κ1) is 18.1. The Labute approximate surface area is 152 Å². The number of likely N-dealkylation sites (tertiary alicyclic amines) is 1. The summed E-state index contributed by atoms with van der Waals surface area (Å²) in [5, 5.41) is 5.18. The molecular formula is C20H25FN2OS. The fraction of sp³-hybridized carbons (Fsp3) is 0.450. The molecule has 0 aliphatic carbocycles. The van der Waals surface area contributed by atoms with Gasteiger partial charge in [0.1, 0.15) is 5.82 Å². The van der Waals surface area contributed by atoms with E-state index in [1.54, 1.807) is 23.5 Å². The van der Waals surface area contributed by atoms with Crippen LogP contribution < -0.4 is 5.32 Å². The van der Waals surface area contributed by atoms with Crippen LogP contribution in [0.1, 0.15) is 42.2 Å².